The largest absolute Gasteiger partial charge is 0.378 e. The Morgan fingerprint density at radius 1 is 1.18 bits per heavy atom. The van der Waals surface area contributed by atoms with Gasteiger partial charge in [0.05, 0.1) is 6.10 Å². The number of hydrogen-bond donors (Lipinski definition) is 1. The second kappa shape index (κ2) is 7.65. The minimum absolute atomic E-state index is 0.574. The summed E-state index contributed by atoms with van der Waals surface area (Å²) in [7, 11) is 0. The molecule has 0 aromatic carbocycles. The van der Waals surface area contributed by atoms with Crippen LogP contribution in [0.25, 0.3) is 0 Å². The van der Waals surface area contributed by atoms with E-state index in [-0.39, 0.29) is 0 Å². The molecule has 0 bridgehead atoms. The molecule has 1 saturated carbocycles. The lowest BCUT2D eigenvalue weighted by atomic mass is 9.98. The quantitative estimate of drug-likeness (QED) is 0.738. The van der Waals surface area contributed by atoms with Gasteiger partial charge in [0.25, 0.3) is 0 Å². The van der Waals surface area contributed by atoms with Gasteiger partial charge in [0, 0.05) is 17.9 Å². The fourth-order valence-electron chi connectivity index (χ4n) is 2.84. The van der Waals surface area contributed by atoms with Gasteiger partial charge in [-0.3, -0.25) is 0 Å². The minimum atomic E-state index is 0.574. The van der Waals surface area contributed by atoms with E-state index >= 15 is 0 Å². The van der Waals surface area contributed by atoms with Crippen LogP contribution in [0, 0.1) is 0 Å². The Kier molecular flexibility index (Phi) is 6.16. The predicted molar refractivity (Wildman–Crippen MR) is 75.8 cm³/mol. The molecule has 0 aromatic rings. The summed E-state index contributed by atoms with van der Waals surface area (Å²) < 4.78 is 5.93. The van der Waals surface area contributed by atoms with Crippen molar-refractivity contribution in [2.45, 2.75) is 69.3 Å². The van der Waals surface area contributed by atoms with Crippen molar-refractivity contribution >= 4 is 11.8 Å². The van der Waals surface area contributed by atoms with Crippen LogP contribution in [0.1, 0.15) is 51.9 Å². The Bertz CT molecular complexity index is 206. The lowest BCUT2D eigenvalue weighted by Gasteiger charge is -2.22. The van der Waals surface area contributed by atoms with Crippen LogP contribution in [0.5, 0.6) is 0 Å². The summed E-state index contributed by atoms with van der Waals surface area (Å²) in [5, 5.41) is 4.47. The molecule has 1 aliphatic carbocycles. The topological polar surface area (TPSA) is 21.3 Å². The van der Waals surface area contributed by atoms with E-state index in [1.807, 2.05) is 0 Å². The third-order valence-electron chi connectivity index (χ3n) is 4.01. The second-order valence-electron chi connectivity index (χ2n) is 5.41. The SMILES string of the molecule is CC1SCCC1NCCCOC1CCCCC1. The van der Waals surface area contributed by atoms with Crippen LogP contribution in [0.3, 0.4) is 0 Å². The smallest absolute Gasteiger partial charge is 0.0575 e. The molecular weight excluding hydrogens is 230 g/mol. The highest BCUT2D eigenvalue weighted by atomic mass is 32.2. The third kappa shape index (κ3) is 4.80. The molecule has 0 spiro atoms. The van der Waals surface area contributed by atoms with Crippen LogP contribution in [-0.4, -0.2) is 36.3 Å². The van der Waals surface area contributed by atoms with Crippen molar-refractivity contribution in [3.05, 3.63) is 0 Å². The number of hydrogen-bond acceptors (Lipinski definition) is 3. The summed E-state index contributed by atoms with van der Waals surface area (Å²) in [5.41, 5.74) is 0. The van der Waals surface area contributed by atoms with E-state index in [0.717, 1.165) is 24.4 Å². The molecule has 3 heteroatoms. The maximum atomic E-state index is 5.93. The normalized spacial score (nSPS) is 30.9. The zero-order valence-corrected chi connectivity index (χ0v) is 11.9. The van der Waals surface area contributed by atoms with Gasteiger partial charge in [-0.15, -0.1) is 0 Å². The van der Waals surface area contributed by atoms with Crippen molar-refractivity contribution in [3.63, 3.8) is 0 Å². The molecule has 2 fully saturated rings. The van der Waals surface area contributed by atoms with Crippen molar-refractivity contribution < 1.29 is 4.74 Å². The summed E-state index contributed by atoms with van der Waals surface area (Å²) in [6, 6.07) is 0.745. The molecule has 2 atom stereocenters. The molecule has 2 unspecified atom stereocenters. The fraction of sp³-hybridized carbons (Fsp3) is 1.00. The predicted octanol–water partition coefficient (Wildman–Crippen LogP) is 3.21. The van der Waals surface area contributed by atoms with Gasteiger partial charge in [-0.1, -0.05) is 26.2 Å². The van der Waals surface area contributed by atoms with Crippen molar-refractivity contribution in [3.8, 4) is 0 Å². The van der Waals surface area contributed by atoms with E-state index in [2.05, 4.69) is 24.0 Å². The van der Waals surface area contributed by atoms with E-state index in [1.54, 1.807) is 0 Å². The molecule has 1 saturated heterocycles. The van der Waals surface area contributed by atoms with Crippen LogP contribution < -0.4 is 5.32 Å². The summed E-state index contributed by atoms with van der Waals surface area (Å²) >= 11 is 2.10. The molecule has 2 aliphatic rings. The van der Waals surface area contributed by atoms with Crippen molar-refractivity contribution in [2.75, 3.05) is 18.9 Å². The van der Waals surface area contributed by atoms with E-state index in [1.165, 1.54) is 50.7 Å². The molecule has 0 radical (unpaired) electrons. The number of ether oxygens (including phenoxy) is 1. The van der Waals surface area contributed by atoms with Gasteiger partial charge in [0.2, 0.25) is 0 Å². The third-order valence-corrected chi connectivity index (χ3v) is 5.34. The van der Waals surface area contributed by atoms with Gasteiger partial charge >= 0.3 is 0 Å². The van der Waals surface area contributed by atoms with E-state index in [0.29, 0.717) is 6.10 Å². The number of thioether (sulfide) groups is 1. The number of rotatable bonds is 6. The highest BCUT2D eigenvalue weighted by molar-refractivity contribution is 8.00. The van der Waals surface area contributed by atoms with Crippen molar-refractivity contribution in [2.24, 2.45) is 0 Å². The molecule has 2 nitrogen and oxygen atoms in total. The number of nitrogens with one attached hydrogen (secondary N) is 1. The average molecular weight is 257 g/mol. The minimum Gasteiger partial charge on any atom is -0.378 e. The molecule has 0 amide bonds. The molecule has 1 heterocycles. The Labute approximate surface area is 110 Å². The maximum absolute atomic E-state index is 5.93. The molecule has 2 rings (SSSR count). The Morgan fingerprint density at radius 2 is 2.00 bits per heavy atom. The van der Waals surface area contributed by atoms with Gasteiger partial charge < -0.3 is 10.1 Å². The molecule has 1 aliphatic heterocycles. The second-order valence-corrected chi connectivity index (χ2v) is 6.89. The van der Waals surface area contributed by atoms with Crippen molar-refractivity contribution in [1.29, 1.82) is 0 Å². The van der Waals surface area contributed by atoms with Crippen LogP contribution >= 0.6 is 11.8 Å². The first-order valence-corrected chi connectivity index (χ1v) is 8.38. The first-order valence-electron chi connectivity index (χ1n) is 7.33. The average Bonchev–Trinajstić information content (AvgIpc) is 2.76. The summed E-state index contributed by atoms with van der Waals surface area (Å²) in [4.78, 5) is 0. The van der Waals surface area contributed by atoms with Crippen LogP contribution in [0.2, 0.25) is 0 Å². The maximum Gasteiger partial charge on any atom is 0.0575 e. The highest BCUT2D eigenvalue weighted by Crippen LogP contribution is 2.26. The van der Waals surface area contributed by atoms with Crippen LogP contribution in [0.15, 0.2) is 0 Å². The summed E-state index contributed by atoms with van der Waals surface area (Å²) in [6.07, 6.45) is 9.84. The molecule has 1 N–H and O–H groups in total. The van der Waals surface area contributed by atoms with Gasteiger partial charge in [0.15, 0.2) is 0 Å². The Morgan fingerprint density at radius 3 is 2.71 bits per heavy atom. The standard InChI is InChI=1S/C14H27NOS/c1-12-14(8-11-17-12)15-9-5-10-16-13-6-3-2-4-7-13/h12-15H,2-11H2,1H3. The molecular formula is C14H27NOS. The molecule has 100 valence electrons. The Hall–Kier alpha value is 0.270. The molecule has 0 aromatic heterocycles. The first-order chi connectivity index (χ1) is 8.36. The van der Waals surface area contributed by atoms with E-state index in [9.17, 15) is 0 Å². The van der Waals surface area contributed by atoms with Gasteiger partial charge in [-0.25, -0.2) is 0 Å². The first kappa shape index (κ1) is 13.7. The lowest BCUT2D eigenvalue weighted by Crippen LogP contribution is -2.34. The Balaban J connectivity index is 1.45. The van der Waals surface area contributed by atoms with Gasteiger partial charge in [0.1, 0.15) is 0 Å². The zero-order valence-electron chi connectivity index (χ0n) is 11.1. The summed E-state index contributed by atoms with van der Waals surface area (Å²) in [5.74, 6) is 1.33. The monoisotopic (exact) mass is 257 g/mol. The highest BCUT2D eigenvalue weighted by Gasteiger charge is 2.22. The van der Waals surface area contributed by atoms with Crippen LogP contribution in [-0.2, 0) is 4.74 Å². The van der Waals surface area contributed by atoms with E-state index in [4.69, 9.17) is 4.74 Å². The van der Waals surface area contributed by atoms with Crippen molar-refractivity contribution in [1.82, 2.24) is 5.32 Å². The fourth-order valence-corrected chi connectivity index (χ4v) is 4.07. The zero-order chi connectivity index (χ0) is 11.9. The van der Waals surface area contributed by atoms with Crippen LogP contribution in [0.4, 0.5) is 0 Å². The molecule has 17 heavy (non-hydrogen) atoms. The summed E-state index contributed by atoms with van der Waals surface area (Å²) in [6.45, 7) is 4.42. The van der Waals surface area contributed by atoms with Gasteiger partial charge in [-0.05, 0) is 38.0 Å². The lowest BCUT2D eigenvalue weighted by molar-refractivity contribution is 0.0271. The van der Waals surface area contributed by atoms with E-state index < -0.39 is 0 Å². The van der Waals surface area contributed by atoms with Gasteiger partial charge in [-0.2, -0.15) is 11.8 Å².